The zero-order chi connectivity index (χ0) is 8.20. The van der Waals surface area contributed by atoms with Gasteiger partial charge < -0.3 is 15.3 Å². The van der Waals surface area contributed by atoms with Gasteiger partial charge in [0.2, 0.25) is 0 Å². The van der Waals surface area contributed by atoms with Crippen LogP contribution in [0.5, 0.6) is 0 Å². The van der Waals surface area contributed by atoms with Gasteiger partial charge in [-0.05, 0) is 19.6 Å². The van der Waals surface area contributed by atoms with E-state index in [2.05, 4.69) is 19.6 Å². The zero-order valence-corrected chi connectivity index (χ0v) is 7.92. The van der Waals surface area contributed by atoms with Crippen molar-refractivity contribution >= 4 is 8.32 Å². The number of aliphatic hydroxyl groups is 1. The minimum Gasteiger partial charge on any atom is -0.416 e. The molecule has 4 heteroatoms. The third kappa shape index (κ3) is 6.22. The molecule has 0 aromatic rings. The maximum Gasteiger partial charge on any atom is 0.183 e. The summed E-state index contributed by atoms with van der Waals surface area (Å²) in [7, 11) is -1.43. The fourth-order valence-electron chi connectivity index (χ4n) is 0.410. The lowest BCUT2D eigenvalue weighted by molar-refractivity contribution is 0.203. The first-order valence-electron chi connectivity index (χ1n) is 3.46. The van der Waals surface area contributed by atoms with Crippen molar-refractivity contribution in [2.45, 2.75) is 25.7 Å². The predicted molar refractivity (Wildman–Crippen MR) is 44.4 cm³/mol. The summed E-state index contributed by atoms with van der Waals surface area (Å²) in [5, 5.41) is 8.54. The van der Waals surface area contributed by atoms with Crippen molar-refractivity contribution in [3.63, 3.8) is 0 Å². The van der Waals surface area contributed by atoms with Crippen LogP contribution in [0.3, 0.4) is 0 Å². The van der Waals surface area contributed by atoms with Crippen molar-refractivity contribution in [1.29, 1.82) is 0 Å². The van der Waals surface area contributed by atoms with Crippen molar-refractivity contribution in [1.82, 2.24) is 0 Å². The Balaban J connectivity index is 3.36. The number of hydrogen-bond donors (Lipinski definition) is 2. The van der Waals surface area contributed by atoms with E-state index in [0.29, 0.717) is 6.61 Å². The van der Waals surface area contributed by atoms with Crippen molar-refractivity contribution in [3.8, 4) is 0 Å². The van der Waals surface area contributed by atoms with Crippen LogP contribution in [-0.4, -0.2) is 32.7 Å². The van der Waals surface area contributed by atoms with E-state index in [1.165, 1.54) is 0 Å². The van der Waals surface area contributed by atoms with E-state index in [-0.39, 0.29) is 12.6 Å². The molecule has 0 aliphatic carbocycles. The summed E-state index contributed by atoms with van der Waals surface area (Å²) in [4.78, 5) is 0. The van der Waals surface area contributed by atoms with Gasteiger partial charge in [0.05, 0.1) is 13.2 Å². The van der Waals surface area contributed by atoms with E-state index in [1.54, 1.807) is 0 Å². The highest BCUT2D eigenvalue weighted by atomic mass is 28.4. The molecule has 3 N–H and O–H groups in total. The minimum absolute atomic E-state index is 0.00444. The maximum absolute atomic E-state index is 8.54. The molecule has 0 aromatic heterocycles. The molecule has 1 unspecified atom stereocenters. The van der Waals surface area contributed by atoms with Crippen molar-refractivity contribution < 1.29 is 9.53 Å². The van der Waals surface area contributed by atoms with Crippen LogP contribution in [0.4, 0.5) is 0 Å². The van der Waals surface area contributed by atoms with E-state index in [0.717, 1.165) is 0 Å². The van der Waals surface area contributed by atoms with Crippen LogP contribution in [0.15, 0.2) is 0 Å². The summed E-state index contributed by atoms with van der Waals surface area (Å²) < 4.78 is 5.44. The Labute approximate surface area is 63.3 Å². The molecule has 0 aliphatic rings. The summed E-state index contributed by atoms with van der Waals surface area (Å²) in [6.45, 7) is 6.77. The largest absolute Gasteiger partial charge is 0.416 e. The summed E-state index contributed by atoms with van der Waals surface area (Å²) in [5.41, 5.74) is 5.43. The molecule has 0 amide bonds. The third-order valence-electron chi connectivity index (χ3n) is 0.965. The molecule has 0 radical (unpaired) electrons. The van der Waals surface area contributed by atoms with Crippen molar-refractivity contribution in [2.24, 2.45) is 5.73 Å². The lowest BCUT2D eigenvalue weighted by atomic mass is 10.4. The molecule has 1 atom stereocenters. The van der Waals surface area contributed by atoms with Crippen LogP contribution in [0.2, 0.25) is 19.6 Å². The molecule has 0 aliphatic heterocycles. The molecule has 62 valence electrons. The molecule has 0 spiro atoms. The van der Waals surface area contributed by atoms with E-state index in [1.807, 2.05) is 0 Å². The molecule has 0 bridgehead atoms. The summed E-state index contributed by atoms with van der Waals surface area (Å²) in [6, 6.07) is -0.216. The Morgan fingerprint density at radius 1 is 1.50 bits per heavy atom. The first-order valence-corrected chi connectivity index (χ1v) is 6.87. The Morgan fingerprint density at radius 2 is 2.00 bits per heavy atom. The second-order valence-electron chi connectivity index (χ2n) is 3.37. The number of hydrogen-bond acceptors (Lipinski definition) is 3. The normalized spacial score (nSPS) is 15.3. The lowest BCUT2D eigenvalue weighted by Crippen LogP contribution is -2.36. The maximum atomic E-state index is 8.54. The molecular weight excluding hydrogens is 146 g/mol. The molecular formula is C6H17NO2Si. The van der Waals surface area contributed by atoms with Crippen molar-refractivity contribution in [3.05, 3.63) is 0 Å². The van der Waals surface area contributed by atoms with Crippen LogP contribution in [0.25, 0.3) is 0 Å². The zero-order valence-electron chi connectivity index (χ0n) is 6.92. The van der Waals surface area contributed by atoms with E-state index < -0.39 is 8.32 Å². The molecule has 0 heterocycles. The summed E-state index contributed by atoms with van der Waals surface area (Å²) in [6.07, 6.45) is 0. The Hall–Kier alpha value is 0.0969. The van der Waals surface area contributed by atoms with Crippen LogP contribution < -0.4 is 5.73 Å². The molecule has 0 rings (SSSR count). The molecule has 10 heavy (non-hydrogen) atoms. The van der Waals surface area contributed by atoms with Crippen molar-refractivity contribution in [2.75, 3.05) is 13.2 Å². The lowest BCUT2D eigenvalue weighted by Gasteiger charge is -2.19. The quantitative estimate of drug-likeness (QED) is 0.580. The van der Waals surface area contributed by atoms with Crippen LogP contribution in [0, 0.1) is 0 Å². The topological polar surface area (TPSA) is 55.5 Å². The second-order valence-corrected chi connectivity index (χ2v) is 7.88. The number of aliphatic hydroxyl groups excluding tert-OH is 1. The molecule has 0 saturated carbocycles. The molecule has 0 fully saturated rings. The van der Waals surface area contributed by atoms with Gasteiger partial charge in [0.25, 0.3) is 0 Å². The Kier molecular flexibility index (Phi) is 4.11. The monoisotopic (exact) mass is 163 g/mol. The fourth-order valence-corrected chi connectivity index (χ4v) is 1.12. The van der Waals surface area contributed by atoms with E-state index in [4.69, 9.17) is 15.3 Å². The van der Waals surface area contributed by atoms with Gasteiger partial charge in [-0.25, -0.2) is 0 Å². The average Bonchev–Trinajstić information content (AvgIpc) is 1.81. The van der Waals surface area contributed by atoms with Gasteiger partial charge in [-0.3, -0.25) is 0 Å². The summed E-state index contributed by atoms with van der Waals surface area (Å²) >= 11 is 0. The van der Waals surface area contributed by atoms with Crippen LogP contribution in [0.1, 0.15) is 0 Å². The van der Waals surface area contributed by atoms with Gasteiger partial charge in [0.1, 0.15) is 0 Å². The molecule has 0 aromatic carbocycles. The van der Waals surface area contributed by atoms with Gasteiger partial charge in [-0.15, -0.1) is 0 Å². The molecule has 3 nitrogen and oxygen atoms in total. The number of nitrogens with two attached hydrogens (primary N) is 1. The Morgan fingerprint density at radius 3 is 2.30 bits per heavy atom. The van der Waals surface area contributed by atoms with Gasteiger partial charge in [0, 0.05) is 6.04 Å². The number of rotatable bonds is 4. The van der Waals surface area contributed by atoms with Gasteiger partial charge in [0.15, 0.2) is 8.32 Å². The smallest absolute Gasteiger partial charge is 0.183 e. The van der Waals surface area contributed by atoms with Gasteiger partial charge in [-0.1, -0.05) is 0 Å². The average molecular weight is 163 g/mol. The first kappa shape index (κ1) is 10.1. The Bertz CT molecular complexity index is 92.2. The van der Waals surface area contributed by atoms with Crippen LogP contribution >= 0.6 is 0 Å². The van der Waals surface area contributed by atoms with E-state index >= 15 is 0 Å². The fraction of sp³-hybridized carbons (Fsp3) is 1.00. The highest BCUT2D eigenvalue weighted by Crippen LogP contribution is 2.01. The summed E-state index contributed by atoms with van der Waals surface area (Å²) in [5.74, 6) is 0. The predicted octanol–water partition coefficient (Wildman–Crippen LogP) is 0.157. The first-order chi connectivity index (χ1) is 4.45. The highest BCUT2D eigenvalue weighted by Gasteiger charge is 2.15. The van der Waals surface area contributed by atoms with Gasteiger partial charge >= 0.3 is 0 Å². The minimum atomic E-state index is -1.43. The van der Waals surface area contributed by atoms with E-state index in [9.17, 15) is 0 Å². The van der Waals surface area contributed by atoms with Crippen LogP contribution in [-0.2, 0) is 4.43 Å². The standard InChI is InChI=1S/C6H17NO2Si/c1-10(2,3)9-5-6(7)4-8/h6,8H,4-5,7H2,1-3H3. The highest BCUT2D eigenvalue weighted by molar-refractivity contribution is 6.69. The SMILES string of the molecule is C[Si](C)(C)OCC(N)CO. The van der Waals surface area contributed by atoms with Gasteiger partial charge in [-0.2, -0.15) is 0 Å². The third-order valence-corrected chi connectivity index (χ3v) is 2.00. The molecule has 0 saturated heterocycles. The second kappa shape index (κ2) is 4.08.